The van der Waals surface area contributed by atoms with Gasteiger partial charge in [-0.15, -0.1) is 0 Å². The molecule has 4 N–H and O–H groups in total. The lowest BCUT2D eigenvalue weighted by Crippen LogP contribution is -2.26. The smallest absolute Gasteiger partial charge is 0.145 e. The summed E-state index contributed by atoms with van der Waals surface area (Å²) in [6.07, 6.45) is 0. The third kappa shape index (κ3) is 2.42. The van der Waals surface area contributed by atoms with Crippen LogP contribution in [0.3, 0.4) is 0 Å². The molecule has 0 saturated carbocycles. The van der Waals surface area contributed by atoms with E-state index in [9.17, 15) is 10.2 Å². The van der Waals surface area contributed by atoms with Gasteiger partial charge in [-0.25, -0.2) is 4.98 Å². The van der Waals surface area contributed by atoms with Crippen LogP contribution in [-0.2, 0) is 0 Å². The minimum absolute atomic E-state index is 0.0841. The van der Waals surface area contributed by atoms with E-state index in [0.717, 1.165) is 22.2 Å². The molecule has 0 spiro atoms. The van der Waals surface area contributed by atoms with Gasteiger partial charge in [-0.2, -0.15) is 0 Å². The molecular weight excluding hydrogens is 316 g/mol. The summed E-state index contributed by atoms with van der Waals surface area (Å²) in [5, 5.41) is 28.8. The van der Waals surface area contributed by atoms with Crippen molar-refractivity contribution < 1.29 is 10.2 Å². The summed E-state index contributed by atoms with van der Waals surface area (Å²) < 4.78 is 0. The van der Waals surface area contributed by atoms with Gasteiger partial charge in [0.15, 0.2) is 0 Å². The molecular formula is C19H18N4O2. The summed E-state index contributed by atoms with van der Waals surface area (Å²) in [5.41, 5.74) is 4.57. The minimum atomic E-state index is 0.0841. The van der Waals surface area contributed by atoms with Crippen molar-refractivity contribution >= 4 is 28.1 Å². The highest BCUT2D eigenvalue weighted by Gasteiger charge is 2.31. The Hall–Kier alpha value is -3.28. The number of anilines is 1. The number of phenolic OH excluding ortho intramolecular Hbond substituents is 1. The lowest BCUT2D eigenvalue weighted by atomic mass is 10.2. The molecule has 0 saturated heterocycles. The SMILES string of the molecule is Cc1ccc2nc(C3=C(O)CN(c4ccc(C)c(O)c4)C3=N)[nH]c2c1. The van der Waals surface area contributed by atoms with E-state index >= 15 is 0 Å². The molecule has 3 aromatic rings. The van der Waals surface area contributed by atoms with Crippen molar-refractivity contribution in [3.63, 3.8) is 0 Å². The lowest BCUT2D eigenvalue weighted by Gasteiger charge is -2.19. The van der Waals surface area contributed by atoms with Gasteiger partial charge in [0, 0.05) is 11.8 Å². The molecule has 0 radical (unpaired) electrons. The fraction of sp³-hybridized carbons (Fsp3) is 0.158. The zero-order chi connectivity index (χ0) is 17.7. The van der Waals surface area contributed by atoms with Crippen LogP contribution in [0.15, 0.2) is 42.2 Å². The number of imidazole rings is 1. The third-order valence-corrected chi connectivity index (χ3v) is 4.48. The molecule has 0 fully saturated rings. The number of nitrogens with zero attached hydrogens (tertiary/aromatic N) is 2. The predicted octanol–water partition coefficient (Wildman–Crippen LogP) is 3.65. The highest BCUT2D eigenvalue weighted by atomic mass is 16.3. The first-order valence-corrected chi connectivity index (χ1v) is 7.99. The Morgan fingerprint density at radius 3 is 2.68 bits per heavy atom. The van der Waals surface area contributed by atoms with Gasteiger partial charge in [-0.05, 0) is 43.2 Å². The molecule has 1 aliphatic rings. The van der Waals surface area contributed by atoms with Crippen molar-refractivity contribution in [2.45, 2.75) is 13.8 Å². The van der Waals surface area contributed by atoms with Gasteiger partial charge < -0.3 is 20.1 Å². The molecule has 2 heterocycles. The summed E-state index contributed by atoms with van der Waals surface area (Å²) in [5.74, 6) is 0.872. The second-order valence-corrected chi connectivity index (χ2v) is 6.33. The Balaban J connectivity index is 1.73. The number of aromatic hydroxyl groups is 1. The maximum absolute atomic E-state index is 10.4. The van der Waals surface area contributed by atoms with Gasteiger partial charge >= 0.3 is 0 Å². The van der Waals surface area contributed by atoms with E-state index in [-0.39, 0.29) is 23.9 Å². The molecule has 126 valence electrons. The topological polar surface area (TPSA) is 96.2 Å². The first kappa shape index (κ1) is 15.3. The van der Waals surface area contributed by atoms with Gasteiger partial charge in [0.1, 0.15) is 23.2 Å². The van der Waals surface area contributed by atoms with Crippen molar-refractivity contribution in [3.8, 4) is 5.75 Å². The molecule has 1 aliphatic heterocycles. The molecule has 0 amide bonds. The number of benzene rings is 2. The summed E-state index contributed by atoms with van der Waals surface area (Å²) in [7, 11) is 0. The number of aromatic nitrogens is 2. The van der Waals surface area contributed by atoms with Crippen molar-refractivity contribution in [1.29, 1.82) is 5.41 Å². The Labute approximate surface area is 144 Å². The normalized spacial score (nSPS) is 14.8. The Morgan fingerprint density at radius 2 is 1.92 bits per heavy atom. The number of hydrogen-bond acceptors (Lipinski definition) is 4. The monoisotopic (exact) mass is 334 g/mol. The molecule has 0 aliphatic carbocycles. The number of fused-ring (bicyclic) bond motifs is 1. The lowest BCUT2D eigenvalue weighted by molar-refractivity contribution is 0.411. The summed E-state index contributed by atoms with van der Waals surface area (Å²) in [4.78, 5) is 9.33. The largest absolute Gasteiger partial charge is 0.509 e. The number of aliphatic hydroxyl groups is 1. The number of amidine groups is 1. The molecule has 4 rings (SSSR count). The van der Waals surface area contributed by atoms with Gasteiger partial charge in [0.25, 0.3) is 0 Å². The van der Waals surface area contributed by atoms with Gasteiger partial charge in [0.05, 0.1) is 23.2 Å². The van der Waals surface area contributed by atoms with Crippen LogP contribution in [0.4, 0.5) is 5.69 Å². The second-order valence-electron chi connectivity index (χ2n) is 6.33. The van der Waals surface area contributed by atoms with Crippen LogP contribution in [0.5, 0.6) is 5.75 Å². The standard InChI is InChI=1S/C19H18N4O2/c1-10-3-6-13-14(7-10)22-19(21-13)17-16(25)9-23(18(17)20)12-5-4-11(2)15(24)8-12/h3-8,20,24-25H,9H2,1-2H3,(H,21,22). The average molecular weight is 334 g/mol. The first-order valence-electron chi connectivity index (χ1n) is 7.99. The van der Waals surface area contributed by atoms with Crippen molar-refractivity contribution in [3.05, 3.63) is 59.1 Å². The van der Waals surface area contributed by atoms with Crippen LogP contribution < -0.4 is 4.90 Å². The van der Waals surface area contributed by atoms with E-state index in [4.69, 9.17) is 5.41 Å². The van der Waals surface area contributed by atoms with E-state index in [0.29, 0.717) is 17.1 Å². The molecule has 25 heavy (non-hydrogen) atoms. The van der Waals surface area contributed by atoms with Crippen LogP contribution in [0, 0.1) is 19.3 Å². The van der Waals surface area contributed by atoms with Crippen LogP contribution >= 0.6 is 0 Å². The Kier molecular flexibility index (Phi) is 3.28. The van der Waals surface area contributed by atoms with Crippen molar-refractivity contribution in [2.24, 2.45) is 0 Å². The molecule has 0 unspecified atom stereocenters. The average Bonchev–Trinajstić information content (AvgIpc) is 3.10. The molecule has 0 bridgehead atoms. The maximum Gasteiger partial charge on any atom is 0.145 e. The maximum atomic E-state index is 10.4. The predicted molar refractivity (Wildman–Crippen MR) is 98.3 cm³/mol. The van der Waals surface area contributed by atoms with Crippen LogP contribution in [-0.4, -0.2) is 32.6 Å². The number of H-pyrrole nitrogens is 1. The molecule has 1 aromatic heterocycles. The van der Waals surface area contributed by atoms with Gasteiger partial charge in [-0.3, -0.25) is 5.41 Å². The number of aryl methyl sites for hydroxylation is 2. The number of aliphatic hydroxyl groups excluding tert-OH is 1. The summed E-state index contributed by atoms with van der Waals surface area (Å²) >= 11 is 0. The fourth-order valence-corrected chi connectivity index (χ4v) is 3.06. The molecule has 6 nitrogen and oxygen atoms in total. The summed E-state index contributed by atoms with van der Waals surface area (Å²) in [6, 6.07) is 11.1. The molecule has 6 heteroatoms. The summed E-state index contributed by atoms with van der Waals surface area (Å²) in [6.45, 7) is 3.98. The molecule has 0 atom stereocenters. The van der Waals surface area contributed by atoms with Crippen LogP contribution in [0.2, 0.25) is 0 Å². The first-order chi connectivity index (χ1) is 11.9. The van der Waals surface area contributed by atoms with E-state index in [2.05, 4.69) is 9.97 Å². The van der Waals surface area contributed by atoms with E-state index < -0.39 is 0 Å². The Morgan fingerprint density at radius 1 is 1.12 bits per heavy atom. The third-order valence-electron chi connectivity index (χ3n) is 4.48. The zero-order valence-corrected chi connectivity index (χ0v) is 14.0. The number of rotatable bonds is 2. The highest BCUT2D eigenvalue weighted by molar-refractivity contribution is 6.30. The zero-order valence-electron chi connectivity index (χ0n) is 14.0. The van der Waals surface area contributed by atoms with Crippen LogP contribution in [0.25, 0.3) is 16.6 Å². The van der Waals surface area contributed by atoms with Gasteiger partial charge in [0.2, 0.25) is 0 Å². The fourth-order valence-electron chi connectivity index (χ4n) is 3.06. The number of aromatic amines is 1. The second kappa shape index (κ2) is 5.37. The van der Waals surface area contributed by atoms with Crippen LogP contribution in [0.1, 0.15) is 17.0 Å². The van der Waals surface area contributed by atoms with E-state index in [1.54, 1.807) is 17.0 Å². The van der Waals surface area contributed by atoms with E-state index in [1.165, 1.54) is 0 Å². The van der Waals surface area contributed by atoms with E-state index in [1.807, 2.05) is 38.1 Å². The van der Waals surface area contributed by atoms with Crippen molar-refractivity contribution in [1.82, 2.24) is 9.97 Å². The number of nitrogens with one attached hydrogen (secondary N) is 2. The number of phenols is 1. The van der Waals surface area contributed by atoms with Gasteiger partial charge in [-0.1, -0.05) is 12.1 Å². The van der Waals surface area contributed by atoms with Crippen molar-refractivity contribution in [2.75, 3.05) is 11.4 Å². The Bertz CT molecular complexity index is 1050. The number of hydrogen-bond donors (Lipinski definition) is 4. The molecule has 2 aromatic carbocycles. The quantitative estimate of drug-likeness (QED) is 0.575. The highest BCUT2D eigenvalue weighted by Crippen LogP contribution is 2.33. The minimum Gasteiger partial charge on any atom is -0.509 e.